The Morgan fingerprint density at radius 3 is 2.61 bits per heavy atom. The second kappa shape index (κ2) is 7.88. The summed E-state index contributed by atoms with van der Waals surface area (Å²) in [5, 5.41) is 0. The van der Waals surface area contributed by atoms with E-state index in [9.17, 15) is 4.79 Å². The van der Waals surface area contributed by atoms with Gasteiger partial charge in [-0.15, -0.1) is 0 Å². The van der Waals surface area contributed by atoms with E-state index in [4.69, 9.17) is 9.47 Å². The van der Waals surface area contributed by atoms with Crippen molar-refractivity contribution in [2.45, 2.75) is 39.2 Å². The molecule has 0 saturated heterocycles. The third-order valence-corrected chi connectivity index (χ3v) is 2.84. The van der Waals surface area contributed by atoms with Crippen LogP contribution in [0, 0.1) is 0 Å². The van der Waals surface area contributed by atoms with Gasteiger partial charge in [0.25, 0.3) is 0 Å². The number of hydrogen-bond acceptors (Lipinski definition) is 3. The molecule has 1 rings (SSSR count). The Kier molecular flexibility index (Phi) is 6.44. The molecule has 0 spiro atoms. The van der Waals surface area contributed by atoms with Crippen molar-refractivity contribution in [2.24, 2.45) is 0 Å². The quantitative estimate of drug-likeness (QED) is 0.697. The Balaban J connectivity index is 2.76. The molecule has 0 amide bonds. The SMILES string of the molecule is CCCc1ccccc1C(=O)OC(CC)COC. The summed E-state index contributed by atoms with van der Waals surface area (Å²) >= 11 is 0. The van der Waals surface area contributed by atoms with E-state index in [-0.39, 0.29) is 12.1 Å². The van der Waals surface area contributed by atoms with E-state index in [1.54, 1.807) is 7.11 Å². The predicted octanol–water partition coefficient (Wildman–Crippen LogP) is 3.22. The van der Waals surface area contributed by atoms with Gasteiger partial charge in [-0.1, -0.05) is 38.5 Å². The number of benzene rings is 1. The molecule has 0 bridgehead atoms. The fourth-order valence-corrected chi connectivity index (χ4v) is 1.84. The molecule has 0 saturated carbocycles. The molecule has 1 atom stereocenters. The van der Waals surface area contributed by atoms with Crippen LogP contribution in [0.15, 0.2) is 24.3 Å². The van der Waals surface area contributed by atoms with Crippen LogP contribution in [0.5, 0.6) is 0 Å². The van der Waals surface area contributed by atoms with Gasteiger partial charge in [-0.3, -0.25) is 0 Å². The first-order valence-corrected chi connectivity index (χ1v) is 6.50. The Hall–Kier alpha value is -1.35. The maximum atomic E-state index is 12.1. The number of carbonyl (C=O) groups is 1. The van der Waals surface area contributed by atoms with Gasteiger partial charge in [0.15, 0.2) is 0 Å². The fourth-order valence-electron chi connectivity index (χ4n) is 1.84. The Bertz CT molecular complexity index is 374. The summed E-state index contributed by atoms with van der Waals surface area (Å²) in [6.07, 6.45) is 2.50. The Morgan fingerprint density at radius 1 is 1.28 bits per heavy atom. The van der Waals surface area contributed by atoms with Crippen molar-refractivity contribution in [1.82, 2.24) is 0 Å². The minimum Gasteiger partial charge on any atom is -0.456 e. The zero-order valence-corrected chi connectivity index (χ0v) is 11.4. The normalized spacial score (nSPS) is 12.2. The molecule has 3 nitrogen and oxygen atoms in total. The molecule has 3 heteroatoms. The van der Waals surface area contributed by atoms with Crippen molar-refractivity contribution < 1.29 is 14.3 Å². The predicted molar refractivity (Wildman–Crippen MR) is 71.8 cm³/mol. The number of rotatable bonds is 7. The van der Waals surface area contributed by atoms with Crippen molar-refractivity contribution in [1.29, 1.82) is 0 Å². The van der Waals surface area contributed by atoms with Gasteiger partial charge in [0.05, 0.1) is 12.2 Å². The lowest BCUT2D eigenvalue weighted by Gasteiger charge is -2.16. The zero-order chi connectivity index (χ0) is 13.4. The highest BCUT2D eigenvalue weighted by atomic mass is 16.6. The molecule has 0 fully saturated rings. The largest absolute Gasteiger partial charge is 0.456 e. The maximum Gasteiger partial charge on any atom is 0.338 e. The first kappa shape index (κ1) is 14.7. The summed E-state index contributed by atoms with van der Waals surface area (Å²) in [6, 6.07) is 7.63. The molecule has 0 aliphatic rings. The van der Waals surface area contributed by atoms with Crippen molar-refractivity contribution in [2.75, 3.05) is 13.7 Å². The number of methoxy groups -OCH3 is 1. The monoisotopic (exact) mass is 250 g/mol. The van der Waals surface area contributed by atoms with E-state index in [1.807, 2.05) is 31.2 Å². The lowest BCUT2D eigenvalue weighted by molar-refractivity contribution is 0.00465. The molecule has 0 heterocycles. The van der Waals surface area contributed by atoms with Crippen LogP contribution < -0.4 is 0 Å². The number of aryl methyl sites for hydroxylation is 1. The third kappa shape index (κ3) is 4.15. The molecule has 18 heavy (non-hydrogen) atoms. The Morgan fingerprint density at radius 2 is 2.00 bits per heavy atom. The van der Waals surface area contributed by atoms with E-state index in [0.29, 0.717) is 12.2 Å². The first-order chi connectivity index (χ1) is 8.72. The molecule has 1 aromatic carbocycles. The van der Waals surface area contributed by atoms with Gasteiger partial charge in [0, 0.05) is 7.11 Å². The van der Waals surface area contributed by atoms with Crippen LogP contribution in [0.1, 0.15) is 42.6 Å². The molecule has 1 unspecified atom stereocenters. The molecule has 0 aromatic heterocycles. The summed E-state index contributed by atoms with van der Waals surface area (Å²) in [5.41, 5.74) is 1.73. The van der Waals surface area contributed by atoms with Gasteiger partial charge in [-0.05, 0) is 24.5 Å². The topological polar surface area (TPSA) is 35.5 Å². The van der Waals surface area contributed by atoms with Gasteiger partial charge in [0.1, 0.15) is 6.10 Å². The highest BCUT2D eigenvalue weighted by Crippen LogP contribution is 2.14. The molecule has 0 radical (unpaired) electrons. The molecule has 1 aromatic rings. The number of esters is 1. The zero-order valence-electron chi connectivity index (χ0n) is 11.4. The lowest BCUT2D eigenvalue weighted by atomic mass is 10.0. The summed E-state index contributed by atoms with van der Waals surface area (Å²) in [7, 11) is 1.61. The molecule has 0 aliphatic carbocycles. The van der Waals surface area contributed by atoms with Crippen molar-refractivity contribution >= 4 is 5.97 Å². The minimum atomic E-state index is -0.247. The van der Waals surface area contributed by atoms with Crippen LogP contribution in [0.25, 0.3) is 0 Å². The van der Waals surface area contributed by atoms with Crippen molar-refractivity contribution in [3.8, 4) is 0 Å². The molecular formula is C15H22O3. The summed E-state index contributed by atoms with van der Waals surface area (Å²) < 4.78 is 10.5. The van der Waals surface area contributed by atoms with Crippen molar-refractivity contribution in [3.63, 3.8) is 0 Å². The number of carbonyl (C=O) groups excluding carboxylic acids is 1. The van der Waals surface area contributed by atoms with E-state index < -0.39 is 0 Å². The average molecular weight is 250 g/mol. The third-order valence-electron chi connectivity index (χ3n) is 2.84. The standard InChI is InChI=1S/C15H22O3/c1-4-8-12-9-6-7-10-14(12)15(16)18-13(5-2)11-17-3/h6-7,9-10,13H,4-5,8,11H2,1-3H3. The van der Waals surface area contributed by atoms with Gasteiger partial charge < -0.3 is 9.47 Å². The number of ether oxygens (including phenoxy) is 2. The van der Waals surface area contributed by atoms with Crippen LogP contribution in [-0.2, 0) is 15.9 Å². The Labute approximate surface area is 109 Å². The van der Waals surface area contributed by atoms with E-state index in [1.165, 1.54) is 0 Å². The van der Waals surface area contributed by atoms with Gasteiger partial charge in [-0.25, -0.2) is 4.79 Å². The smallest absolute Gasteiger partial charge is 0.338 e. The van der Waals surface area contributed by atoms with E-state index in [2.05, 4.69) is 6.92 Å². The fraction of sp³-hybridized carbons (Fsp3) is 0.533. The van der Waals surface area contributed by atoms with Crippen LogP contribution in [0.2, 0.25) is 0 Å². The minimum absolute atomic E-state index is 0.169. The van der Waals surface area contributed by atoms with Crippen LogP contribution in [-0.4, -0.2) is 25.8 Å². The summed E-state index contributed by atoms with van der Waals surface area (Å²) in [5.74, 6) is -0.247. The van der Waals surface area contributed by atoms with E-state index >= 15 is 0 Å². The average Bonchev–Trinajstić information content (AvgIpc) is 2.39. The van der Waals surface area contributed by atoms with Crippen LogP contribution in [0.3, 0.4) is 0 Å². The van der Waals surface area contributed by atoms with Crippen LogP contribution in [0.4, 0.5) is 0 Å². The molecule has 100 valence electrons. The first-order valence-electron chi connectivity index (χ1n) is 6.50. The molecule has 0 aliphatic heterocycles. The number of hydrogen-bond donors (Lipinski definition) is 0. The second-order valence-electron chi connectivity index (χ2n) is 4.30. The van der Waals surface area contributed by atoms with Gasteiger partial charge >= 0.3 is 5.97 Å². The summed E-state index contributed by atoms with van der Waals surface area (Å²) in [4.78, 5) is 12.1. The highest BCUT2D eigenvalue weighted by Gasteiger charge is 2.16. The van der Waals surface area contributed by atoms with Gasteiger partial charge in [0.2, 0.25) is 0 Å². The van der Waals surface area contributed by atoms with Crippen molar-refractivity contribution in [3.05, 3.63) is 35.4 Å². The maximum absolute atomic E-state index is 12.1. The van der Waals surface area contributed by atoms with E-state index in [0.717, 1.165) is 24.8 Å². The molecule has 0 N–H and O–H groups in total. The van der Waals surface area contributed by atoms with Gasteiger partial charge in [-0.2, -0.15) is 0 Å². The highest BCUT2D eigenvalue weighted by molar-refractivity contribution is 5.91. The summed E-state index contributed by atoms with van der Waals surface area (Å²) in [6.45, 7) is 4.52. The lowest BCUT2D eigenvalue weighted by Crippen LogP contribution is -2.23. The van der Waals surface area contributed by atoms with Crippen LogP contribution >= 0.6 is 0 Å². The second-order valence-corrected chi connectivity index (χ2v) is 4.30. The molecular weight excluding hydrogens is 228 g/mol.